The molecule has 2 heterocycles. The van der Waals surface area contributed by atoms with Gasteiger partial charge in [0.15, 0.2) is 0 Å². The third-order valence-corrected chi connectivity index (χ3v) is 18.5. The largest absolute Gasteiger partial charge is 0.508 e. The SMILES string of the molecule is COc1c2cc(C(C)(C)C)cc1Cc1cc(C(C)(C)C)cc3c1OCc1cc(O)cc(c1SO)COc1c(cc(C(C)(C)C)cc1Cc1cc(C(C)(C)C)cc(c1OC)Cc1cc(C(C)(C)C)cc(c1OC)C3)Cc1cc(C(C)(C)C)cc(c1OC)C2. The maximum Gasteiger partial charge on any atom is 0.126 e. The number of ether oxygens (including phenoxy) is 6. The lowest BCUT2D eigenvalue weighted by Gasteiger charge is -2.29. The Labute approximate surface area is 526 Å². The van der Waals surface area contributed by atoms with Crippen LogP contribution >= 0.6 is 12.0 Å². The van der Waals surface area contributed by atoms with Crippen molar-refractivity contribution in [1.29, 1.82) is 0 Å². The predicted octanol–water partition coefficient (Wildman–Crippen LogP) is 19.1. The molecule has 0 unspecified atom stereocenters. The second-order valence-electron chi connectivity index (χ2n) is 30.9. The zero-order valence-electron chi connectivity index (χ0n) is 56.5. The van der Waals surface area contributed by atoms with Crippen molar-refractivity contribution < 1.29 is 38.1 Å². The van der Waals surface area contributed by atoms with E-state index in [1.54, 1.807) is 40.6 Å². The molecule has 12 bridgehead atoms. The molecule has 9 heteroatoms. The van der Waals surface area contributed by atoms with Crippen LogP contribution in [-0.4, -0.2) is 38.1 Å². The number of benzene rings is 7. The van der Waals surface area contributed by atoms with Gasteiger partial charge in [0.25, 0.3) is 0 Å². The van der Waals surface area contributed by atoms with E-state index in [0.29, 0.717) is 66.6 Å². The Hall–Kier alpha value is -6.55. The molecule has 2 N–H and O–H groups in total. The van der Waals surface area contributed by atoms with E-state index >= 15 is 0 Å². The van der Waals surface area contributed by atoms with Crippen LogP contribution in [0.1, 0.15) is 236 Å². The molecule has 2 aliphatic heterocycles. The van der Waals surface area contributed by atoms with Crippen molar-refractivity contribution in [2.75, 3.05) is 28.4 Å². The van der Waals surface area contributed by atoms with Crippen LogP contribution < -0.4 is 28.4 Å². The Morgan fingerprint density at radius 1 is 0.299 bits per heavy atom. The summed E-state index contributed by atoms with van der Waals surface area (Å²) in [7, 11) is 7.19. The van der Waals surface area contributed by atoms with E-state index in [9.17, 15) is 9.66 Å². The van der Waals surface area contributed by atoms with Gasteiger partial charge >= 0.3 is 0 Å². The van der Waals surface area contributed by atoms with Gasteiger partial charge in [-0.2, -0.15) is 0 Å². The summed E-state index contributed by atoms with van der Waals surface area (Å²) in [5.41, 5.74) is 19.2. The van der Waals surface area contributed by atoms with Crippen molar-refractivity contribution in [1.82, 2.24) is 0 Å². The van der Waals surface area contributed by atoms with Gasteiger partial charge in [0, 0.05) is 66.6 Å². The Morgan fingerprint density at radius 3 is 0.655 bits per heavy atom. The Balaban J connectivity index is 1.52. The van der Waals surface area contributed by atoms with Gasteiger partial charge in [-0.25, -0.2) is 0 Å². The van der Waals surface area contributed by atoms with Gasteiger partial charge in [0.2, 0.25) is 0 Å². The van der Waals surface area contributed by atoms with E-state index in [2.05, 4.69) is 197 Å². The van der Waals surface area contributed by atoms with Crippen LogP contribution in [0.3, 0.4) is 0 Å². The van der Waals surface area contributed by atoms with Gasteiger partial charge in [-0.15, -0.1) is 0 Å². The molecule has 2 aliphatic rings. The molecular formula is C78H98O8S. The highest BCUT2D eigenvalue weighted by Crippen LogP contribution is 2.47. The molecule has 0 fully saturated rings. The molecule has 8 nitrogen and oxygen atoms in total. The monoisotopic (exact) mass is 1190 g/mol. The van der Waals surface area contributed by atoms with E-state index in [0.717, 1.165) is 112 Å². The van der Waals surface area contributed by atoms with Gasteiger partial charge in [-0.05, 0) is 145 Å². The number of phenols is 1. The van der Waals surface area contributed by atoms with Crippen molar-refractivity contribution in [3.05, 3.63) is 196 Å². The molecule has 0 atom stereocenters. The maximum absolute atomic E-state index is 11.9. The summed E-state index contributed by atoms with van der Waals surface area (Å²) < 4.78 is 53.3. The summed E-state index contributed by atoms with van der Waals surface area (Å²) >= 11 is 0.653. The summed E-state index contributed by atoms with van der Waals surface area (Å²) in [5.74, 6) is 4.75. The average Bonchev–Trinajstić information content (AvgIpc) is 0.914. The lowest BCUT2D eigenvalue weighted by molar-refractivity contribution is 0.286. The fourth-order valence-electron chi connectivity index (χ4n) is 12.7. The third kappa shape index (κ3) is 13.9. The lowest BCUT2D eigenvalue weighted by atomic mass is 9.79. The maximum atomic E-state index is 11.9. The first kappa shape index (κ1) is 64.9. The summed E-state index contributed by atoms with van der Waals surface area (Å²) in [6, 6.07) is 31.4. The molecular weight excluding hydrogens is 1100 g/mol. The van der Waals surface area contributed by atoms with Crippen molar-refractivity contribution in [3.63, 3.8) is 0 Å². The van der Waals surface area contributed by atoms with E-state index in [1.165, 1.54) is 22.3 Å². The smallest absolute Gasteiger partial charge is 0.126 e. The minimum Gasteiger partial charge on any atom is -0.508 e. The number of rotatable bonds is 5. The normalized spacial score (nSPS) is 14.3. The van der Waals surface area contributed by atoms with E-state index in [-0.39, 0.29) is 51.5 Å². The van der Waals surface area contributed by atoms with Crippen LogP contribution in [0.5, 0.6) is 40.2 Å². The fourth-order valence-corrected chi connectivity index (χ4v) is 13.2. The summed E-state index contributed by atoms with van der Waals surface area (Å²) in [6.07, 6.45) is 3.00. The Morgan fingerprint density at radius 2 is 0.483 bits per heavy atom. The van der Waals surface area contributed by atoms with Crippen molar-refractivity contribution in [3.8, 4) is 40.2 Å². The van der Waals surface area contributed by atoms with Gasteiger partial charge in [-0.1, -0.05) is 197 Å². The molecule has 0 amide bonds. The van der Waals surface area contributed by atoms with Crippen molar-refractivity contribution in [2.45, 2.75) is 214 Å². The molecule has 0 spiro atoms. The molecule has 0 aromatic heterocycles. The van der Waals surface area contributed by atoms with Gasteiger partial charge < -0.3 is 38.1 Å². The molecule has 0 radical (unpaired) electrons. The number of hydrogen-bond acceptors (Lipinski definition) is 9. The topological polar surface area (TPSA) is 95.8 Å². The van der Waals surface area contributed by atoms with E-state index in [1.807, 2.05) is 0 Å². The van der Waals surface area contributed by atoms with Gasteiger partial charge in [-0.3, -0.25) is 0 Å². The van der Waals surface area contributed by atoms with Crippen LogP contribution in [-0.2, 0) is 84.2 Å². The minimum atomic E-state index is -0.269. The van der Waals surface area contributed by atoms with E-state index < -0.39 is 0 Å². The van der Waals surface area contributed by atoms with Crippen LogP contribution in [0.2, 0.25) is 0 Å². The molecule has 0 aliphatic carbocycles. The standard InChI is InChI=1S/C78H98O8S/c1-73(2,3)59-29-45-23-46-30-60(74(4,5)6)34-50(67(46)82-20)26-55-39-64(78(16,17)18)40-56-28-52-36-62(76(10,11)12)32-48(69(52)84-22)24-47-31-61(75(7,8)9)35-51(68(47)83-21)27-54-38-63(77(13,14)15)37-53(25-49(33-59)66(45)81-19)70(54)85-43-57-41-65(79)42-58(72(57)87-80)44-86-71(55)56/h29-42,79-80H,23-28,43-44H2,1-22H3. The first-order valence-electron chi connectivity index (χ1n) is 31.1. The van der Waals surface area contributed by atoms with Crippen LogP contribution in [0, 0.1) is 0 Å². The first-order chi connectivity index (χ1) is 40.5. The number of methoxy groups -OCH3 is 4. The molecule has 0 saturated carbocycles. The second kappa shape index (κ2) is 24.1. The number of fused-ring (bicyclic) bond motifs is 10. The van der Waals surface area contributed by atoms with Crippen LogP contribution in [0.25, 0.3) is 0 Å². The fraction of sp³-hybridized carbons (Fsp3) is 0.462. The summed E-state index contributed by atoms with van der Waals surface area (Å²) in [6.45, 7) is 41.0. The first-order valence-corrected chi connectivity index (χ1v) is 31.9. The Bertz CT molecular complexity index is 3320. The molecule has 7 aromatic carbocycles. The summed E-state index contributed by atoms with van der Waals surface area (Å²) in [5, 5.41) is 11.9. The molecule has 87 heavy (non-hydrogen) atoms. The number of aromatic hydroxyl groups is 1. The molecule has 0 saturated heterocycles. The second-order valence-corrected chi connectivity index (χ2v) is 31.5. The number of hydrogen-bond donors (Lipinski definition) is 2. The lowest BCUT2D eigenvalue weighted by Crippen LogP contribution is -2.17. The highest BCUT2D eigenvalue weighted by atomic mass is 32.2. The average molecular weight is 1200 g/mol. The van der Waals surface area contributed by atoms with Gasteiger partial charge in [0.1, 0.15) is 53.5 Å². The predicted molar refractivity (Wildman–Crippen MR) is 359 cm³/mol. The van der Waals surface area contributed by atoms with E-state index in [4.69, 9.17) is 28.4 Å². The minimum absolute atomic E-state index is 0.0415. The highest BCUT2D eigenvalue weighted by Gasteiger charge is 2.32. The molecule has 464 valence electrons. The van der Waals surface area contributed by atoms with Crippen molar-refractivity contribution >= 4 is 12.0 Å². The number of phenolic OH excluding ortho intramolecular Hbond substituents is 1. The third-order valence-electron chi connectivity index (χ3n) is 17.8. The zero-order valence-corrected chi connectivity index (χ0v) is 57.3. The molecule has 7 aromatic rings. The summed E-state index contributed by atoms with van der Waals surface area (Å²) in [4.78, 5) is 0.558. The van der Waals surface area contributed by atoms with Crippen LogP contribution in [0.15, 0.2) is 89.8 Å². The van der Waals surface area contributed by atoms with Crippen molar-refractivity contribution in [2.24, 2.45) is 0 Å². The van der Waals surface area contributed by atoms with Gasteiger partial charge in [0.05, 0.1) is 28.4 Å². The van der Waals surface area contributed by atoms with Crippen LogP contribution in [0.4, 0.5) is 0 Å². The zero-order chi connectivity index (χ0) is 63.7. The quantitative estimate of drug-likeness (QED) is 0.163. The Kier molecular flexibility index (Phi) is 18.0. The molecule has 9 rings (SSSR count). The highest BCUT2D eigenvalue weighted by molar-refractivity contribution is 7.93.